The molecule has 3 heteroatoms. The topological polar surface area (TPSA) is 34.1 Å². The number of benzene rings is 2. The van der Waals surface area contributed by atoms with Gasteiger partial charge in [0.15, 0.2) is 11.6 Å². The summed E-state index contributed by atoms with van der Waals surface area (Å²) >= 11 is 1.62. The molecule has 0 bridgehead atoms. The van der Waals surface area contributed by atoms with Gasteiger partial charge in [0.05, 0.1) is 5.56 Å². The maximum Gasteiger partial charge on any atom is 0.196 e. The molecule has 1 aromatic heterocycles. The van der Waals surface area contributed by atoms with Crippen molar-refractivity contribution in [2.45, 2.75) is 39.0 Å². The van der Waals surface area contributed by atoms with Crippen LogP contribution in [0.3, 0.4) is 0 Å². The molecule has 0 atom stereocenters. The fourth-order valence-corrected chi connectivity index (χ4v) is 5.11. The number of aryl methyl sites for hydroxylation is 1. The van der Waals surface area contributed by atoms with Crippen molar-refractivity contribution >= 4 is 22.9 Å². The van der Waals surface area contributed by atoms with Crippen molar-refractivity contribution < 1.29 is 9.59 Å². The molecular formula is C24H22O2S. The zero-order chi connectivity index (χ0) is 18.8. The second-order valence-corrected chi connectivity index (χ2v) is 8.09. The zero-order valence-electron chi connectivity index (χ0n) is 15.5. The van der Waals surface area contributed by atoms with Crippen molar-refractivity contribution in [3.63, 3.8) is 0 Å². The van der Waals surface area contributed by atoms with Gasteiger partial charge in [-0.2, -0.15) is 0 Å². The quantitative estimate of drug-likeness (QED) is 0.370. The minimum atomic E-state index is -0.0184. The summed E-state index contributed by atoms with van der Waals surface area (Å²) in [6, 6.07) is 17.2. The molecule has 1 heterocycles. The number of carbonyl (C=O) groups excluding carboxylic acids is 2. The van der Waals surface area contributed by atoms with E-state index in [1.807, 2.05) is 42.5 Å². The SMILES string of the molecule is CCCCCCc1sc(-c2ccccc2)c2c1C(=O)c1ccccc1C2=O. The van der Waals surface area contributed by atoms with E-state index in [1.165, 1.54) is 12.8 Å². The van der Waals surface area contributed by atoms with Gasteiger partial charge in [-0.3, -0.25) is 9.59 Å². The fraction of sp³-hybridized carbons (Fsp3) is 0.250. The number of carbonyl (C=O) groups is 2. The van der Waals surface area contributed by atoms with Gasteiger partial charge in [0, 0.05) is 26.4 Å². The molecule has 136 valence electrons. The number of hydrogen-bond donors (Lipinski definition) is 0. The van der Waals surface area contributed by atoms with Crippen LogP contribution in [0.4, 0.5) is 0 Å². The lowest BCUT2D eigenvalue weighted by atomic mass is 9.83. The normalized spacial score (nSPS) is 12.8. The predicted molar refractivity (Wildman–Crippen MR) is 111 cm³/mol. The van der Waals surface area contributed by atoms with E-state index in [0.717, 1.165) is 34.6 Å². The van der Waals surface area contributed by atoms with Crippen molar-refractivity contribution in [1.29, 1.82) is 0 Å². The summed E-state index contributed by atoms with van der Waals surface area (Å²) in [5.74, 6) is -0.0146. The van der Waals surface area contributed by atoms with E-state index >= 15 is 0 Å². The van der Waals surface area contributed by atoms with Crippen LogP contribution in [0.5, 0.6) is 0 Å². The van der Waals surface area contributed by atoms with Crippen molar-refractivity contribution in [2.24, 2.45) is 0 Å². The van der Waals surface area contributed by atoms with Crippen molar-refractivity contribution in [3.05, 3.63) is 81.7 Å². The second-order valence-electron chi connectivity index (χ2n) is 6.98. The molecular weight excluding hydrogens is 352 g/mol. The van der Waals surface area contributed by atoms with Crippen LogP contribution in [-0.4, -0.2) is 11.6 Å². The van der Waals surface area contributed by atoms with Crippen LogP contribution >= 0.6 is 11.3 Å². The summed E-state index contributed by atoms with van der Waals surface area (Å²) in [4.78, 5) is 28.6. The van der Waals surface area contributed by atoms with Gasteiger partial charge in [-0.15, -0.1) is 11.3 Å². The van der Waals surface area contributed by atoms with Crippen LogP contribution in [0.15, 0.2) is 54.6 Å². The van der Waals surface area contributed by atoms with E-state index in [2.05, 4.69) is 6.92 Å². The Bertz CT molecular complexity index is 998. The first kappa shape index (κ1) is 17.9. The summed E-state index contributed by atoms with van der Waals surface area (Å²) in [5, 5.41) is 0. The third-order valence-electron chi connectivity index (χ3n) is 5.14. The van der Waals surface area contributed by atoms with Gasteiger partial charge in [0.2, 0.25) is 0 Å². The third kappa shape index (κ3) is 3.17. The van der Waals surface area contributed by atoms with Gasteiger partial charge < -0.3 is 0 Å². The van der Waals surface area contributed by atoms with E-state index in [1.54, 1.807) is 23.5 Å². The molecule has 27 heavy (non-hydrogen) atoms. The lowest BCUT2D eigenvalue weighted by Gasteiger charge is -2.16. The first-order valence-electron chi connectivity index (χ1n) is 9.62. The Kier molecular flexibility index (Phi) is 5.04. The van der Waals surface area contributed by atoms with Gasteiger partial charge in [-0.1, -0.05) is 80.8 Å². The maximum atomic E-state index is 13.3. The van der Waals surface area contributed by atoms with E-state index < -0.39 is 0 Å². The van der Waals surface area contributed by atoms with E-state index in [9.17, 15) is 9.59 Å². The average Bonchev–Trinajstić information content (AvgIpc) is 3.10. The van der Waals surface area contributed by atoms with Gasteiger partial charge in [0.25, 0.3) is 0 Å². The molecule has 0 saturated heterocycles. The minimum Gasteiger partial charge on any atom is -0.289 e. The molecule has 0 unspecified atom stereocenters. The Morgan fingerprint density at radius 3 is 2.04 bits per heavy atom. The monoisotopic (exact) mass is 374 g/mol. The molecule has 0 saturated carbocycles. The summed E-state index contributed by atoms with van der Waals surface area (Å²) in [5.41, 5.74) is 3.35. The number of unbranched alkanes of at least 4 members (excludes halogenated alkanes) is 3. The summed E-state index contributed by atoms with van der Waals surface area (Å²) in [6.07, 6.45) is 5.46. The molecule has 0 fully saturated rings. The molecule has 1 aliphatic rings. The maximum absolute atomic E-state index is 13.3. The molecule has 2 aromatic carbocycles. The lowest BCUT2D eigenvalue weighted by molar-refractivity contribution is 0.0980. The van der Waals surface area contributed by atoms with E-state index in [0.29, 0.717) is 22.3 Å². The number of ketones is 2. The number of thiophene rings is 1. The summed E-state index contributed by atoms with van der Waals surface area (Å²) in [6.45, 7) is 2.19. The highest BCUT2D eigenvalue weighted by molar-refractivity contribution is 7.16. The molecule has 0 N–H and O–H groups in total. The van der Waals surface area contributed by atoms with Crippen molar-refractivity contribution in [3.8, 4) is 10.4 Å². The van der Waals surface area contributed by atoms with Crippen molar-refractivity contribution in [1.82, 2.24) is 0 Å². The van der Waals surface area contributed by atoms with Gasteiger partial charge >= 0.3 is 0 Å². The molecule has 0 radical (unpaired) electrons. The van der Waals surface area contributed by atoms with Crippen LogP contribution in [-0.2, 0) is 6.42 Å². The Labute approximate surface area is 163 Å². The Morgan fingerprint density at radius 2 is 1.37 bits per heavy atom. The molecule has 3 aromatic rings. The van der Waals surface area contributed by atoms with E-state index in [4.69, 9.17) is 0 Å². The van der Waals surface area contributed by atoms with Crippen LogP contribution < -0.4 is 0 Å². The highest BCUT2D eigenvalue weighted by Crippen LogP contribution is 2.42. The number of rotatable bonds is 6. The van der Waals surface area contributed by atoms with Gasteiger partial charge in [0.1, 0.15) is 0 Å². The Balaban J connectivity index is 1.84. The Morgan fingerprint density at radius 1 is 0.741 bits per heavy atom. The highest BCUT2D eigenvalue weighted by Gasteiger charge is 2.35. The summed E-state index contributed by atoms with van der Waals surface area (Å²) in [7, 11) is 0. The standard InChI is InChI=1S/C24H22O2S/c1-2-3-4-8-15-19-20-21(24(27-19)16-11-6-5-7-12-16)23(26)18-14-10-9-13-17(18)22(20)25/h5-7,9-14H,2-4,8,15H2,1H3. The van der Waals surface area contributed by atoms with E-state index in [-0.39, 0.29) is 11.6 Å². The molecule has 0 spiro atoms. The van der Waals surface area contributed by atoms with Crippen LogP contribution in [0.1, 0.15) is 69.3 Å². The Hall–Kier alpha value is -2.52. The largest absolute Gasteiger partial charge is 0.289 e. The van der Waals surface area contributed by atoms with Crippen LogP contribution in [0, 0.1) is 0 Å². The van der Waals surface area contributed by atoms with Crippen LogP contribution in [0.2, 0.25) is 0 Å². The molecule has 0 aliphatic heterocycles. The first-order valence-corrected chi connectivity index (χ1v) is 10.4. The third-order valence-corrected chi connectivity index (χ3v) is 6.44. The van der Waals surface area contributed by atoms with Gasteiger partial charge in [-0.25, -0.2) is 0 Å². The minimum absolute atomic E-state index is 0.00382. The lowest BCUT2D eigenvalue weighted by Crippen LogP contribution is -2.20. The molecule has 0 amide bonds. The first-order chi connectivity index (χ1) is 13.2. The van der Waals surface area contributed by atoms with Gasteiger partial charge in [-0.05, 0) is 18.4 Å². The zero-order valence-corrected chi connectivity index (χ0v) is 16.3. The van der Waals surface area contributed by atoms with Crippen LogP contribution in [0.25, 0.3) is 10.4 Å². The number of fused-ring (bicyclic) bond motifs is 2. The fourth-order valence-electron chi connectivity index (χ4n) is 3.76. The number of hydrogen-bond acceptors (Lipinski definition) is 3. The van der Waals surface area contributed by atoms with Crippen molar-refractivity contribution in [2.75, 3.05) is 0 Å². The molecule has 4 rings (SSSR count). The smallest absolute Gasteiger partial charge is 0.196 e. The predicted octanol–water partition coefficient (Wildman–Crippen LogP) is 6.31. The highest BCUT2D eigenvalue weighted by atomic mass is 32.1. The second kappa shape index (κ2) is 7.61. The molecule has 1 aliphatic carbocycles. The molecule has 2 nitrogen and oxygen atoms in total. The average molecular weight is 375 g/mol. The summed E-state index contributed by atoms with van der Waals surface area (Å²) < 4.78 is 0.